The van der Waals surface area contributed by atoms with Gasteiger partial charge in [0.2, 0.25) is 0 Å². The number of ether oxygens (including phenoxy) is 1. The average molecular weight is 403 g/mol. The van der Waals surface area contributed by atoms with E-state index in [4.69, 9.17) is 4.74 Å². The summed E-state index contributed by atoms with van der Waals surface area (Å²) in [5.41, 5.74) is 0.779. The van der Waals surface area contributed by atoms with E-state index < -0.39 is 11.7 Å². The number of nitrogens with one attached hydrogen (secondary N) is 1. The van der Waals surface area contributed by atoms with Crippen LogP contribution in [-0.2, 0) is 0 Å². The molecule has 0 radical (unpaired) electrons. The molecule has 1 N–H and O–H groups in total. The Labute approximate surface area is 132 Å². The van der Waals surface area contributed by atoms with E-state index in [0.717, 1.165) is 4.47 Å². The molecule has 0 aliphatic rings. The van der Waals surface area contributed by atoms with Crippen molar-refractivity contribution in [3.63, 3.8) is 0 Å². The fraction of sp³-hybridized carbons (Fsp3) is 0.0714. The maximum atomic E-state index is 13.2. The molecular formula is C14H10Br2FNO2. The number of benzene rings is 2. The minimum Gasteiger partial charge on any atom is -0.497 e. The van der Waals surface area contributed by atoms with E-state index in [2.05, 4.69) is 37.2 Å². The molecule has 0 aliphatic heterocycles. The lowest BCUT2D eigenvalue weighted by Crippen LogP contribution is -2.13. The first-order chi connectivity index (χ1) is 9.49. The normalized spacial score (nSPS) is 10.2. The van der Waals surface area contributed by atoms with Crippen LogP contribution in [0.4, 0.5) is 10.1 Å². The van der Waals surface area contributed by atoms with E-state index in [9.17, 15) is 9.18 Å². The van der Waals surface area contributed by atoms with Crippen molar-refractivity contribution in [2.45, 2.75) is 0 Å². The smallest absolute Gasteiger partial charge is 0.256 e. The Balaban J connectivity index is 2.27. The predicted octanol–water partition coefficient (Wildman–Crippen LogP) is 4.61. The van der Waals surface area contributed by atoms with E-state index >= 15 is 0 Å². The second-order valence-electron chi connectivity index (χ2n) is 3.96. The lowest BCUT2D eigenvalue weighted by Gasteiger charge is -2.09. The Morgan fingerprint density at radius 1 is 1.20 bits per heavy atom. The molecule has 20 heavy (non-hydrogen) atoms. The minimum absolute atomic E-state index is 0.226. The summed E-state index contributed by atoms with van der Waals surface area (Å²) in [4.78, 5) is 12.1. The van der Waals surface area contributed by atoms with E-state index in [1.165, 1.54) is 25.3 Å². The van der Waals surface area contributed by atoms with Crippen molar-refractivity contribution in [2.75, 3.05) is 12.4 Å². The molecule has 1 amide bonds. The quantitative estimate of drug-likeness (QED) is 0.813. The number of hydrogen-bond acceptors (Lipinski definition) is 2. The summed E-state index contributed by atoms with van der Waals surface area (Å²) in [6.07, 6.45) is 0. The molecule has 0 unspecified atom stereocenters. The molecule has 2 rings (SSSR count). The number of carbonyl (C=O) groups excluding carboxylic acids is 1. The highest BCUT2D eigenvalue weighted by Gasteiger charge is 2.12. The third-order valence-corrected chi connectivity index (χ3v) is 3.69. The van der Waals surface area contributed by atoms with Crippen LogP contribution >= 0.6 is 31.9 Å². The van der Waals surface area contributed by atoms with Crippen LogP contribution in [-0.4, -0.2) is 13.0 Å². The first-order valence-electron chi connectivity index (χ1n) is 5.60. The standard InChI is InChI=1S/C14H10Br2FNO2/c1-20-11-5-8(15)4-10(7-11)18-14(19)12-6-9(17)2-3-13(12)16/h2-7H,1H3,(H,18,19). The lowest BCUT2D eigenvalue weighted by molar-refractivity contribution is 0.102. The average Bonchev–Trinajstić information content (AvgIpc) is 2.40. The van der Waals surface area contributed by atoms with Crippen LogP contribution in [0.1, 0.15) is 10.4 Å². The summed E-state index contributed by atoms with van der Waals surface area (Å²) in [7, 11) is 1.54. The van der Waals surface area contributed by atoms with Gasteiger partial charge in [-0.15, -0.1) is 0 Å². The molecule has 0 bridgehead atoms. The number of amides is 1. The molecule has 0 atom stereocenters. The van der Waals surface area contributed by atoms with Crippen LogP contribution < -0.4 is 10.1 Å². The predicted molar refractivity (Wildman–Crippen MR) is 82.7 cm³/mol. The van der Waals surface area contributed by atoms with Gasteiger partial charge in [0.1, 0.15) is 11.6 Å². The molecule has 0 saturated carbocycles. The van der Waals surface area contributed by atoms with Gasteiger partial charge in [0, 0.05) is 20.7 Å². The van der Waals surface area contributed by atoms with Crippen molar-refractivity contribution in [1.82, 2.24) is 0 Å². The van der Waals surface area contributed by atoms with E-state index in [1.54, 1.807) is 18.2 Å². The zero-order valence-corrected chi connectivity index (χ0v) is 13.6. The zero-order valence-electron chi connectivity index (χ0n) is 10.4. The van der Waals surface area contributed by atoms with Crippen LogP contribution in [0.15, 0.2) is 45.3 Å². The molecule has 0 aliphatic carbocycles. The molecule has 2 aromatic carbocycles. The molecule has 0 spiro atoms. The highest BCUT2D eigenvalue weighted by Crippen LogP contribution is 2.26. The van der Waals surface area contributed by atoms with Gasteiger partial charge in [-0.3, -0.25) is 4.79 Å². The van der Waals surface area contributed by atoms with E-state index in [-0.39, 0.29) is 5.56 Å². The summed E-state index contributed by atoms with van der Waals surface area (Å²) >= 11 is 6.55. The topological polar surface area (TPSA) is 38.3 Å². The lowest BCUT2D eigenvalue weighted by atomic mass is 10.2. The highest BCUT2D eigenvalue weighted by molar-refractivity contribution is 9.10. The van der Waals surface area contributed by atoms with Crippen molar-refractivity contribution in [2.24, 2.45) is 0 Å². The summed E-state index contributed by atoms with van der Waals surface area (Å²) < 4.78 is 19.6. The Kier molecular flexibility index (Phi) is 4.77. The van der Waals surface area contributed by atoms with Gasteiger partial charge < -0.3 is 10.1 Å². The zero-order chi connectivity index (χ0) is 14.7. The molecule has 0 heterocycles. The van der Waals surface area contributed by atoms with Gasteiger partial charge in [-0.25, -0.2) is 4.39 Å². The van der Waals surface area contributed by atoms with Gasteiger partial charge in [0.15, 0.2) is 0 Å². The van der Waals surface area contributed by atoms with Crippen LogP contribution in [0.5, 0.6) is 5.75 Å². The van der Waals surface area contributed by atoms with Crippen LogP contribution in [0.2, 0.25) is 0 Å². The third-order valence-electron chi connectivity index (χ3n) is 2.54. The molecule has 0 fully saturated rings. The maximum absolute atomic E-state index is 13.2. The summed E-state index contributed by atoms with van der Waals surface area (Å²) in [5.74, 6) is -0.269. The molecular weight excluding hydrogens is 393 g/mol. The van der Waals surface area contributed by atoms with Gasteiger partial charge in [-0.1, -0.05) is 15.9 Å². The molecule has 3 nitrogen and oxygen atoms in total. The van der Waals surface area contributed by atoms with Crippen molar-refractivity contribution < 1.29 is 13.9 Å². The molecule has 2 aromatic rings. The van der Waals surface area contributed by atoms with E-state index in [1.807, 2.05) is 0 Å². The number of anilines is 1. The third kappa shape index (κ3) is 3.58. The Morgan fingerprint density at radius 2 is 1.95 bits per heavy atom. The summed E-state index contributed by atoms with van der Waals surface area (Å²) in [5, 5.41) is 2.70. The number of hydrogen-bond donors (Lipinski definition) is 1. The Bertz CT molecular complexity index is 662. The first kappa shape index (κ1) is 15.0. The van der Waals surface area contributed by atoms with Crippen molar-refractivity contribution in [3.8, 4) is 5.75 Å². The van der Waals surface area contributed by atoms with Gasteiger partial charge in [0.05, 0.1) is 12.7 Å². The van der Waals surface area contributed by atoms with Gasteiger partial charge >= 0.3 is 0 Å². The SMILES string of the molecule is COc1cc(Br)cc(NC(=O)c2cc(F)ccc2Br)c1. The fourth-order valence-electron chi connectivity index (χ4n) is 1.62. The minimum atomic E-state index is -0.467. The molecule has 0 saturated heterocycles. The number of halogens is 3. The summed E-state index contributed by atoms with van der Waals surface area (Å²) in [6, 6.07) is 9.13. The second-order valence-corrected chi connectivity index (χ2v) is 5.73. The second kappa shape index (κ2) is 6.37. The van der Waals surface area contributed by atoms with Crippen LogP contribution in [0, 0.1) is 5.82 Å². The van der Waals surface area contributed by atoms with Crippen LogP contribution in [0.25, 0.3) is 0 Å². The van der Waals surface area contributed by atoms with E-state index in [0.29, 0.717) is 15.9 Å². The fourth-order valence-corrected chi connectivity index (χ4v) is 2.52. The molecule has 6 heteroatoms. The van der Waals surface area contributed by atoms with Gasteiger partial charge in [-0.05, 0) is 46.3 Å². The van der Waals surface area contributed by atoms with Gasteiger partial charge in [-0.2, -0.15) is 0 Å². The Hall–Kier alpha value is -1.40. The van der Waals surface area contributed by atoms with Gasteiger partial charge in [0.25, 0.3) is 5.91 Å². The van der Waals surface area contributed by atoms with Crippen LogP contribution in [0.3, 0.4) is 0 Å². The maximum Gasteiger partial charge on any atom is 0.256 e. The Morgan fingerprint density at radius 3 is 2.65 bits per heavy atom. The highest BCUT2D eigenvalue weighted by atomic mass is 79.9. The van der Waals surface area contributed by atoms with Crippen molar-refractivity contribution in [3.05, 3.63) is 56.7 Å². The molecule has 104 valence electrons. The number of carbonyl (C=O) groups is 1. The summed E-state index contributed by atoms with van der Waals surface area (Å²) in [6.45, 7) is 0. The number of rotatable bonds is 3. The first-order valence-corrected chi connectivity index (χ1v) is 7.19. The van der Waals surface area contributed by atoms with Crippen molar-refractivity contribution in [1.29, 1.82) is 0 Å². The largest absolute Gasteiger partial charge is 0.497 e. The van der Waals surface area contributed by atoms with Crippen molar-refractivity contribution >= 4 is 43.5 Å². The monoisotopic (exact) mass is 401 g/mol. The molecule has 0 aromatic heterocycles. The number of methoxy groups -OCH3 is 1.